The monoisotopic (exact) mass is 312 g/mol. The molecule has 15 heavy (non-hydrogen) atoms. The van der Waals surface area contributed by atoms with Gasteiger partial charge in [-0.25, -0.2) is 0 Å². The van der Waals surface area contributed by atoms with Crippen LogP contribution in [0.1, 0.15) is 35.6 Å². The van der Waals surface area contributed by atoms with Crippen LogP contribution in [0.3, 0.4) is 0 Å². The molecular formula is C10H15BrCl2N2. The molecule has 0 fully saturated rings. The Labute approximate surface area is 109 Å². The van der Waals surface area contributed by atoms with Crippen molar-refractivity contribution in [3.63, 3.8) is 0 Å². The van der Waals surface area contributed by atoms with Crippen LogP contribution in [0.25, 0.3) is 0 Å². The molecule has 0 amide bonds. The van der Waals surface area contributed by atoms with Crippen molar-refractivity contribution in [2.45, 2.75) is 38.1 Å². The smallest absolute Gasteiger partial charge is 0.107 e. The number of nitrogens with zero attached hydrogens (tertiary/aromatic N) is 2. The topological polar surface area (TPSA) is 17.8 Å². The molecule has 1 atom stereocenters. The van der Waals surface area contributed by atoms with Gasteiger partial charge in [-0.05, 0) is 33.1 Å². The summed E-state index contributed by atoms with van der Waals surface area (Å²) in [5.41, 5.74) is 1.90. The van der Waals surface area contributed by atoms with E-state index in [0.717, 1.165) is 41.6 Å². The van der Waals surface area contributed by atoms with Crippen molar-refractivity contribution in [1.29, 1.82) is 0 Å². The molecule has 5 heteroatoms. The Morgan fingerprint density at radius 3 is 2.53 bits per heavy atom. The molecule has 0 aliphatic rings. The first kappa shape index (κ1) is 13.3. The summed E-state index contributed by atoms with van der Waals surface area (Å²) in [6.07, 6.45) is 3.15. The van der Waals surface area contributed by atoms with Crippen molar-refractivity contribution in [3.05, 3.63) is 16.4 Å². The molecule has 1 unspecified atom stereocenters. The average molecular weight is 314 g/mol. The van der Waals surface area contributed by atoms with Crippen molar-refractivity contribution < 1.29 is 0 Å². The van der Waals surface area contributed by atoms with Gasteiger partial charge in [-0.15, -0.1) is 11.6 Å². The quantitative estimate of drug-likeness (QED) is 0.580. The lowest BCUT2D eigenvalue weighted by Gasteiger charge is -2.11. The van der Waals surface area contributed by atoms with E-state index in [2.05, 4.69) is 21.0 Å². The van der Waals surface area contributed by atoms with Gasteiger partial charge in [0.05, 0.1) is 16.4 Å². The third kappa shape index (κ3) is 3.36. The summed E-state index contributed by atoms with van der Waals surface area (Å²) in [6, 6.07) is 0. The zero-order valence-corrected chi connectivity index (χ0v) is 12.0. The Kier molecular flexibility index (Phi) is 5.44. The van der Waals surface area contributed by atoms with Crippen molar-refractivity contribution >= 4 is 39.1 Å². The van der Waals surface area contributed by atoms with Crippen LogP contribution in [0.5, 0.6) is 0 Å². The summed E-state index contributed by atoms with van der Waals surface area (Å²) in [7, 11) is 0. The van der Waals surface area contributed by atoms with Gasteiger partial charge in [0.1, 0.15) is 4.95 Å². The standard InChI is InChI=1S/C10H15BrCl2N2/c1-7-10(13)8(2)15(14-7)9(11)5-3-4-6-12/h9H,3-6H2,1-2H3. The van der Waals surface area contributed by atoms with E-state index in [1.165, 1.54) is 0 Å². The predicted octanol–water partition coefficient (Wildman–Crippen LogP) is 4.46. The number of rotatable bonds is 5. The Morgan fingerprint density at radius 2 is 2.07 bits per heavy atom. The molecule has 1 rings (SSSR count). The molecule has 0 saturated heterocycles. The molecular weight excluding hydrogens is 299 g/mol. The minimum absolute atomic E-state index is 0.215. The molecule has 0 bridgehead atoms. The van der Waals surface area contributed by atoms with Crippen LogP contribution in [0.4, 0.5) is 0 Å². The highest BCUT2D eigenvalue weighted by molar-refractivity contribution is 9.09. The molecule has 0 aliphatic carbocycles. The summed E-state index contributed by atoms with van der Waals surface area (Å²) < 4.78 is 1.94. The maximum atomic E-state index is 6.08. The third-order valence-electron chi connectivity index (χ3n) is 2.33. The maximum Gasteiger partial charge on any atom is 0.107 e. The van der Waals surface area contributed by atoms with Crippen LogP contribution >= 0.6 is 39.1 Å². The fraction of sp³-hybridized carbons (Fsp3) is 0.700. The van der Waals surface area contributed by atoms with Gasteiger partial charge in [-0.1, -0.05) is 27.5 Å². The van der Waals surface area contributed by atoms with Gasteiger partial charge in [-0.3, -0.25) is 4.68 Å². The molecule has 0 saturated carbocycles. The number of alkyl halides is 2. The second kappa shape index (κ2) is 6.12. The summed E-state index contributed by atoms with van der Waals surface area (Å²) in [4.78, 5) is 0.215. The van der Waals surface area contributed by atoms with E-state index in [1.807, 2.05) is 18.5 Å². The molecule has 2 nitrogen and oxygen atoms in total. The van der Waals surface area contributed by atoms with E-state index in [4.69, 9.17) is 23.2 Å². The number of aromatic nitrogens is 2. The van der Waals surface area contributed by atoms with Crippen molar-refractivity contribution in [1.82, 2.24) is 9.78 Å². The van der Waals surface area contributed by atoms with Crippen molar-refractivity contribution in [3.8, 4) is 0 Å². The fourth-order valence-corrected chi connectivity index (χ4v) is 2.48. The summed E-state index contributed by atoms with van der Waals surface area (Å²) in [6.45, 7) is 3.91. The van der Waals surface area contributed by atoms with Crippen molar-refractivity contribution in [2.24, 2.45) is 0 Å². The van der Waals surface area contributed by atoms with Crippen LogP contribution in [0, 0.1) is 13.8 Å². The first-order valence-electron chi connectivity index (χ1n) is 4.99. The first-order chi connectivity index (χ1) is 7.07. The molecule has 0 N–H and O–H groups in total. The molecule has 0 spiro atoms. The van der Waals surface area contributed by atoms with Gasteiger partial charge in [0.25, 0.3) is 0 Å². The number of hydrogen-bond donors (Lipinski definition) is 0. The normalized spacial score (nSPS) is 13.1. The number of halogens is 3. The number of hydrogen-bond acceptors (Lipinski definition) is 1. The molecule has 0 aromatic carbocycles. The zero-order chi connectivity index (χ0) is 11.4. The van der Waals surface area contributed by atoms with E-state index >= 15 is 0 Å². The second-order valence-corrected chi connectivity index (χ2v) is 5.36. The summed E-state index contributed by atoms with van der Waals surface area (Å²) in [5.74, 6) is 0.720. The average Bonchev–Trinajstić information content (AvgIpc) is 2.46. The van der Waals surface area contributed by atoms with Crippen LogP contribution in [0.2, 0.25) is 5.02 Å². The van der Waals surface area contributed by atoms with E-state index in [0.29, 0.717) is 0 Å². The lowest BCUT2D eigenvalue weighted by atomic mass is 10.2. The number of aryl methyl sites for hydroxylation is 1. The van der Waals surface area contributed by atoms with Crippen LogP contribution in [-0.2, 0) is 0 Å². The Bertz CT molecular complexity index is 325. The lowest BCUT2D eigenvalue weighted by Crippen LogP contribution is -2.06. The maximum absolute atomic E-state index is 6.08. The highest BCUT2D eigenvalue weighted by Crippen LogP contribution is 2.28. The summed E-state index contributed by atoms with van der Waals surface area (Å²) in [5, 5.41) is 5.15. The minimum atomic E-state index is 0.215. The highest BCUT2D eigenvalue weighted by atomic mass is 79.9. The largest absolute Gasteiger partial charge is 0.254 e. The van der Waals surface area contributed by atoms with Crippen LogP contribution in [-0.4, -0.2) is 15.7 Å². The van der Waals surface area contributed by atoms with E-state index in [9.17, 15) is 0 Å². The summed E-state index contributed by atoms with van der Waals surface area (Å²) >= 11 is 15.3. The Hall–Kier alpha value is 0.270. The zero-order valence-electron chi connectivity index (χ0n) is 8.93. The molecule has 0 radical (unpaired) electrons. The Balaban J connectivity index is 2.65. The van der Waals surface area contributed by atoms with Crippen LogP contribution in [0.15, 0.2) is 0 Å². The second-order valence-electron chi connectivity index (χ2n) is 3.55. The minimum Gasteiger partial charge on any atom is -0.254 e. The Morgan fingerprint density at radius 1 is 1.40 bits per heavy atom. The molecule has 0 aliphatic heterocycles. The van der Waals surface area contributed by atoms with E-state index < -0.39 is 0 Å². The van der Waals surface area contributed by atoms with Gasteiger partial charge in [0.2, 0.25) is 0 Å². The molecule has 86 valence electrons. The SMILES string of the molecule is Cc1nn(C(Br)CCCCCl)c(C)c1Cl. The van der Waals surface area contributed by atoms with Gasteiger partial charge in [-0.2, -0.15) is 5.10 Å². The van der Waals surface area contributed by atoms with E-state index in [1.54, 1.807) is 0 Å². The lowest BCUT2D eigenvalue weighted by molar-refractivity contribution is 0.534. The number of unbranched alkanes of at least 4 members (excludes halogenated alkanes) is 1. The van der Waals surface area contributed by atoms with E-state index in [-0.39, 0.29) is 4.95 Å². The van der Waals surface area contributed by atoms with Crippen molar-refractivity contribution in [2.75, 3.05) is 5.88 Å². The molecule has 1 aromatic heterocycles. The molecule has 1 aromatic rings. The van der Waals surface area contributed by atoms with Gasteiger partial charge < -0.3 is 0 Å². The van der Waals surface area contributed by atoms with Crippen LogP contribution < -0.4 is 0 Å². The van der Waals surface area contributed by atoms with Gasteiger partial charge in [0.15, 0.2) is 0 Å². The molecule has 1 heterocycles. The predicted molar refractivity (Wildman–Crippen MR) is 69.2 cm³/mol. The third-order valence-corrected chi connectivity index (χ3v) is 3.99. The highest BCUT2D eigenvalue weighted by Gasteiger charge is 2.14. The van der Waals surface area contributed by atoms with Gasteiger partial charge in [0, 0.05) is 5.88 Å². The fourth-order valence-electron chi connectivity index (χ4n) is 1.45. The first-order valence-corrected chi connectivity index (χ1v) is 6.82. The van der Waals surface area contributed by atoms with Gasteiger partial charge >= 0.3 is 0 Å².